The summed E-state index contributed by atoms with van der Waals surface area (Å²) in [7, 11) is 0. The number of aromatic nitrogens is 1. The monoisotopic (exact) mass is 341 g/mol. The maximum Gasteiger partial charge on any atom is 0.255 e. The van der Waals surface area contributed by atoms with E-state index >= 15 is 0 Å². The molecule has 1 aromatic heterocycles. The van der Waals surface area contributed by atoms with Gasteiger partial charge in [-0.25, -0.2) is 4.39 Å². The van der Waals surface area contributed by atoms with Gasteiger partial charge in [0.25, 0.3) is 5.91 Å². The maximum atomic E-state index is 13.8. The second kappa shape index (κ2) is 7.53. The molecule has 2 heterocycles. The van der Waals surface area contributed by atoms with Crippen LogP contribution in [-0.4, -0.2) is 59.2 Å². The first-order valence-electron chi connectivity index (χ1n) is 8.25. The number of halogens is 1. The van der Waals surface area contributed by atoms with E-state index in [1.807, 2.05) is 11.8 Å². The van der Waals surface area contributed by atoms with E-state index in [4.69, 9.17) is 0 Å². The van der Waals surface area contributed by atoms with E-state index in [-0.39, 0.29) is 23.8 Å². The molecule has 0 N–H and O–H groups in total. The number of pyridine rings is 1. The summed E-state index contributed by atoms with van der Waals surface area (Å²) in [5.74, 6) is -0.766. The molecule has 0 spiro atoms. The number of carbonyl (C=O) groups is 2. The fourth-order valence-electron chi connectivity index (χ4n) is 2.92. The van der Waals surface area contributed by atoms with Crippen LogP contribution in [-0.2, 0) is 0 Å². The molecule has 0 saturated carbocycles. The zero-order valence-corrected chi connectivity index (χ0v) is 14.1. The van der Waals surface area contributed by atoms with Gasteiger partial charge in [-0.3, -0.25) is 19.5 Å². The van der Waals surface area contributed by atoms with Gasteiger partial charge in [0.15, 0.2) is 5.78 Å². The molecule has 25 heavy (non-hydrogen) atoms. The van der Waals surface area contributed by atoms with Gasteiger partial charge in [0.1, 0.15) is 5.82 Å². The molecule has 1 amide bonds. The van der Waals surface area contributed by atoms with Crippen molar-refractivity contribution >= 4 is 11.7 Å². The summed E-state index contributed by atoms with van der Waals surface area (Å²) in [5, 5.41) is 0. The van der Waals surface area contributed by atoms with E-state index in [9.17, 15) is 14.0 Å². The van der Waals surface area contributed by atoms with Crippen molar-refractivity contribution in [3.05, 3.63) is 65.2 Å². The van der Waals surface area contributed by atoms with Gasteiger partial charge in [-0.1, -0.05) is 11.6 Å². The zero-order valence-electron chi connectivity index (χ0n) is 14.1. The third kappa shape index (κ3) is 4.09. The molecule has 3 rings (SSSR count). The van der Waals surface area contributed by atoms with E-state index in [1.54, 1.807) is 41.6 Å². The summed E-state index contributed by atoms with van der Waals surface area (Å²) in [6.45, 7) is 4.25. The molecule has 5 nitrogen and oxygen atoms in total. The molecule has 130 valence electrons. The average Bonchev–Trinajstić information content (AvgIpc) is 2.64. The lowest BCUT2D eigenvalue weighted by atomic mass is 10.1. The number of benzene rings is 1. The van der Waals surface area contributed by atoms with Crippen molar-refractivity contribution in [2.75, 3.05) is 32.7 Å². The molecule has 2 aromatic rings. The van der Waals surface area contributed by atoms with Crippen LogP contribution in [0.4, 0.5) is 4.39 Å². The quantitative estimate of drug-likeness (QED) is 0.800. The second-order valence-corrected chi connectivity index (χ2v) is 6.22. The predicted molar refractivity (Wildman–Crippen MR) is 92.0 cm³/mol. The van der Waals surface area contributed by atoms with Crippen molar-refractivity contribution in [1.29, 1.82) is 0 Å². The highest BCUT2D eigenvalue weighted by atomic mass is 19.1. The summed E-state index contributed by atoms with van der Waals surface area (Å²) in [6.07, 6.45) is 3.18. The van der Waals surface area contributed by atoms with Crippen LogP contribution in [0.2, 0.25) is 0 Å². The average molecular weight is 341 g/mol. The highest BCUT2D eigenvalue weighted by molar-refractivity contribution is 5.98. The molecule has 0 radical (unpaired) electrons. The molecule has 0 bridgehead atoms. The van der Waals surface area contributed by atoms with E-state index in [0.717, 1.165) is 5.56 Å². The number of hydrogen-bond donors (Lipinski definition) is 0. The Labute approximate surface area is 146 Å². The standard InChI is InChI=1S/C19H20FN3O2/c1-14-4-5-17(20)16(11-14)18(24)13-22-7-9-23(10-8-22)19(25)15-3-2-6-21-12-15/h2-6,11-12H,7-10,13H2,1H3. The third-order valence-electron chi connectivity index (χ3n) is 4.36. The van der Waals surface area contributed by atoms with Crippen LogP contribution in [0.25, 0.3) is 0 Å². The van der Waals surface area contributed by atoms with Gasteiger partial charge in [-0.05, 0) is 31.2 Å². The number of rotatable bonds is 4. The highest BCUT2D eigenvalue weighted by Gasteiger charge is 2.24. The molecule has 1 saturated heterocycles. The molecule has 0 atom stereocenters. The van der Waals surface area contributed by atoms with Crippen LogP contribution in [0.5, 0.6) is 0 Å². The summed E-state index contributed by atoms with van der Waals surface area (Å²) >= 11 is 0. The molecule has 1 aromatic carbocycles. The summed E-state index contributed by atoms with van der Waals surface area (Å²) in [5.41, 5.74) is 1.55. The molecular weight excluding hydrogens is 321 g/mol. The third-order valence-corrected chi connectivity index (χ3v) is 4.36. The normalized spacial score (nSPS) is 15.2. The molecule has 1 aliphatic rings. The number of aryl methyl sites for hydroxylation is 1. The van der Waals surface area contributed by atoms with Gasteiger partial charge in [0.05, 0.1) is 17.7 Å². The van der Waals surface area contributed by atoms with Crippen LogP contribution in [0.1, 0.15) is 26.3 Å². The number of carbonyl (C=O) groups excluding carboxylic acids is 2. The lowest BCUT2D eigenvalue weighted by molar-refractivity contribution is 0.0623. The van der Waals surface area contributed by atoms with Gasteiger partial charge in [0, 0.05) is 38.6 Å². The Morgan fingerprint density at radius 1 is 1.16 bits per heavy atom. The van der Waals surface area contributed by atoms with Gasteiger partial charge in [-0.15, -0.1) is 0 Å². The van der Waals surface area contributed by atoms with Gasteiger partial charge in [-0.2, -0.15) is 0 Å². The fraction of sp³-hybridized carbons (Fsp3) is 0.316. The topological polar surface area (TPSA) is 53.5 Å². The van der Waals surface area contributed by atoms with Crippen molar-refractivity contribution in [2.45, 2.75) is 6.92 Å². The van der Waals surface area contributed by atoms with E-state index < -0.39 is 5.82 Å². The van der Waals surface area contributed by atoms with E-state index in [0.29, 0.717) is 31.7 Å². The number of nitrogens with zero attached hydrogens (tertiary/aromatic N) is 3. The van der Waals surface area contributed by atoms with Crippen LogP contribution in [0.3, 0.4) is 0 Å². The van der Waals surface area contributed by atoms with Crippen molar-refractivity contribution in [2.24, 2.45) is 0 Å². The lowest BCUT2D eigenvalue weighted by Crippen LogP contribution is -2.50. The molecule has 1 aliphatic heterocycles. The molecular formula is C19H20FN3O2. The Morgan fingerprint density at radius 2 is 1.92 bits per heavy atom. The number of amides is 1. The zero-order chi connectivity index (χ0) is 17.8. The van der Waals surface area contributed by atoms with E-state index in [1.165, 1.54) is 6.07 Å². The number of Topliss-reactive ketones (excluding diaryl/α,β-unsaturated/α-hetero) is 1. The smallest absolute Gasteiger partial charge is 0.255 e. The molecule has 1 fully saturated rings. The predicted octanol–water partition coefficient (Wildman–Crippen LogP) is 2.17. The minimum absolute atomic E-state index is 0.0520. The summed E-state index contributed by atoms with van der Waals surface area (Å²) in [6, 6.07) is 8.03. The first-order valence-corrected chi connectivity index (χ1v) is 8.25. The maximum absolute atomic E-state index is 13.8. The Hall–Kier alpha value is -2.60. The molecule has 6 heteroatoms. The van der Waals surface area contributed by atoms with Crippen LogP contribution >= 0.6 is 0 Å². The van der Waals surface area contributed by atoms with Crippen molar-refractivity contribution in [3.63, 3.8) is 0 Å². The van der Waals surface area contributed by atoms with Crippen LogP contribution in [0.15, 0.2) is 42.7 Å². The first kappa shape index (κ1) is 17.2. The van der Waals surface area contributed by atoms with Crippen molar-refractivity contribution in [3.8, 4) is 0 Å². The van der Waals surface area contributed by atoms with Crippen LogP contribution < -0.4 is 0 Å². The lowest BCUT2D eigenvalue weighted by Gasteiger charge is -2.34. The Morgan fingerprint density at radius 3 is 2.60 bits per heavy atom. The summed E-state index contributed by atoms with van der Waals surface area (Å²) in [4.78, 5) is 32.4. The van der Waals surface area contributed by atoms with Crippen molar-refractivity contribution < 1.29 is 14.0 Å². The van der Waals surface area contributed by atoms with Gasteiger partial charge in [0.2, 0.25) is 0 Å². The Balaban J connectivity index is 1.57. The van der Waals surface area contributed by atoms with Crippen molar-refractivity contribution in [1.82, 2.24) is 14.8 Å². The number of ketones is 1. The van der Waals surface area contributed by atoms with E-state index in [2.05, 4.69) is 4.98 Å². The second-order valence-electron chi connectivity index (χ2n) is 6.22. The minimum atomic E-state index is -0.485. The number of piperazine rings is 1. The number of hydrogen-bond acceptors (Lipinski definition) is 4. The minimum Gasteiger partial charge on any atom is -0.336 e. The Kier molecular flexibility index (Phi) is 5.19. The Bertz CT molecular complexity index is 771. The largest absolute Gasteiger partial charge is 0.336 e. The van der Waals surface area contributed by atoms with Gasteiger partial charge >= 0.3 is 0 Å². The van der Waals surface area contributed by atoms with Gasteiger partial charge < -0.3 is 4.90 Å². The first-order chi connectivity index (χ1) is 12.0. The molecule has 0 aliphatic carbocycles. The molecule has 0 unspecified atom stereocenters. The summed E-state index contributed by atoms with van der Waals surface area (Å²) < 4.78 is 13.8. The fourth-order valence-corrected chi connectivity index (χ4v) is 2.92. The van der Waals surface area contributed by atoms with Crippen LogP contribution in [0, 0.1) is 12.7 Å². The SMILES string of the molecule is Cc1ccc(F)c(C(=O)CN2CCN(C(=O)c3cccnc3)CC2)c1. The highest BCUT2D eigenvalue weighted by Crippen LogP contribution is 2.13.